The molecule has 1 aromatic heterocycles. The summed E-state index contributed by atoms with van der Waals surface area (Å²) in [6, 6.07) is 13.5. The molecule has 3 rings (SSSR count). The maximum absolute atomic E-state index is 3.78. The minimum Gasteiger partial charge on any atom is -0.369 e. The number of nitrogens with one attached hydrogen (secondary N) is 1. The van der Waals surface area contributed by atoms with Gasteiger partial charge in [-0.05, 0) is 35.3 Å². The van der Waals surface area contributed by atoms with Crippen molar-refractivity contribution in [2.45, 2.75) is 32.9 Å². The summed E-state index contributed by atoms with van der Waals surface area (Å²) in [5.41, 5.74) is 2.76. The van der Waals surface area contributed by atoms with Crippen molar-refractivity contribution >= 4 is 17.0 Å². The van der Waals surface area contributed by atoms with Crippen LogP contribution in [0.15, 0.2) is 47.2 Å². The second-order valence-corrected chi connectivity index (χ2v) is 7.47. The maximum Gasteiger partial charge on any atom is 0.0475 e. The molecular weight excluding hydrogens is 288 g/mol. The third kappa shape index (κ3) is 3.90. The lowest BCUT2D eigenvalue weighted by atomic mass is 9.85. The number of hydrogen-bond donors (Lipinski definition) is 1. The Labute approximate surface area is 138 Å². The number of thiophene rings is 1. The lowest BCUT2D eigenvalue weighted by molar-refractivity contribution is 0.272. The minimum atomic E-state index is 0.571. The Morgan fingerprint density at radius 1 is 1.18 bits per heavy atom. The van der Waals surface area contributed by atoms with Crippen LogP contribution in [0.4, 0.5) is 5.69 Å². The van der Waals surface area contributed by atoms with Crippen LogP contribution in [0.2, 0.25) is 0 Å². The number of piperidine rings is 1. The van der Waals surface area contributed by atoms with Crippen LogP contribution in [0, 0.1) is 11.8 Å². The molecule has 0 saturated carbocycles. The van der Waals surface area contributed by atoms with Gasteiger partial charge in [0, 0.05) is 36.7 Å². The molecule has 1 aromatic carbocycles. The molecule has 1 aliphatic heterocycles. The zero-order chi connectivity index (χ0) is 15.4. The molecule has 2 unspecified atom stereocenters. The second kappa shape index (κ2) is 7.30. The van der Waals surface area contributed by atoms with E-state index in [9.17, 15) is 0 Å². The fourth-order valence-electron chi connectivity index (χ4n) is 3.28. The molecule has 2 heterocycles. The molecule has 0 spiro atoms. The summed E-state index contributed by atoms with van der Waals surface area (Å²) in [5, 5.41) is 8.23. The van der Waals surface area contributed by atoms with E-state index in [1.807, 2.05) is 0 Å². The summed E-state index contributed by atoms with van der Waals surface area (Å²) in [5.74, 6) is 1.50. The van der Waals surface area contributed by atoms with Gasteiger partial charge in [0.25, 0.3) is 0 Å². The van der Waals surface area contributed by atoms with E-state index in [1.54, 1.807) is 11.3 Å². The third-order valence-electron chi connectivity index (χ3n) is 4.73. The maximum atomic E-state index is 3.78. The van der Waals surface area contributed by atoms with Gasteiger partial charge >= 0.3 is 0 Å². The zero-order valence-electron chi connectivity index (χ0n) is 13.5. The normalized spacial score (nSPS) is 22.2. The van der Waals surface area contributed by atoms with Gasteiger partial charge in [0.15, 0.2) is 0 Å². The molecule has 0 radical (unpaired) electrons. The Morgan fingerprint density at radius 3 is 2.68 bits per heavy atom. The zero-order valence-corrected chi connectivity index (χ0v) is 14.4. The van der Waals surface area contributed by atoms with Gasteiger partial charge in [-0.15, -0.1) is 0 Å². The van der Waals surface area contributed by atoms with Crippen molar-refractivity contribution in [2.75, 3.05) is 18.0 Å². The van der Waals surface area contributed by atoms with Crippen LogP contribution >= 0.6 is 11.3 Å². The molecule has 1 fully saturated rings. The van der Waals surface area contributed by atoms with Gasteiger partial charge < -0.3 is 10.2 Å². The average Bonchev–Trinajstić information content (AvgIpc) is 3.08. The Bertz CT molecular complexity index is 550. The summed E-state index contributed by atoms with van der Waals surface area (Å²) in [4.78, 5) is 2.56. The Balaban J connectivity index is 1.64. The lowest BCUT2D eigenvalue weighted by Crippen LogP contribution is -2.50. The Hall–Kier alpha value is -1.32. The molecule has 1 N–H and O–H groups in total. The SMILES string of the molecule is CC(C)C1CC(NCc2ccccc2)CN(c2ccsc2)C1. The van der Waals surface area contributed by atoms with Crippen molar-refractivity contribution < 1.29 is 0 Å². The monoisotopic (exact) mass is 314 g/mol. The molecule has 2 atom stereocenters. The highest BCUT2D eigenvalue weighted by Gasteiger charge is 2.29. The van der Waals surface area contributed by atoms with Gasteiger partial charge in [0.05, 0.1) is 0 Å². The summed E-state index contributed by atoms with van der Waals surface area (Å²) in [6.07, 6.45) is 1.28. The number of nitrogens with zero attached hydrogens (tertiary/aromatic N) is 1. The highest BCUT2D eigenvalue weighted by Crippen LogP contribution is 2.29. The summed E-state index contributed by atoms with van der Waals surface area (Å²) in [6.45, 7) is 7.99. The van der Waals surface area contributed by atoms with E-state index in [1.165, 1.54) is 24.2 Å². The topological polar surface area (TPSA) is 15.3 Å². The van der Waals surface area contributed by atoms with E-state index in [2.05, 4.69) is 71.2 Å². The van der Waals surface area contributed by atoms with Crippen LogP contribution in [0.1, 0.15) is 25.8 Å². The van der Waals surface area contributed by atoms with E-state index in [-0.39, 0.29) is 0 Å². The number of benzene rings is 1. The van der Waals surface area contributed by atoms with Gasteiger partial charge in [-0.25, -0.2) is 0 Å². The largest absolute Gasteiger partial charge is 0.369 e. The lowest BCUT2D eigenvalue weighted by Gasteiger charge is -2.40. The molecular formula is C19H26N2S. The van der Waals surface area contributed by atoms with Crippen molar-refractivity contribution in [1.82, 2.24) is 5.32 Å². The number of hydrogen-bond acceptors (Lipinski definition) is 3. The molecule has 2 aromatic rings. The average molecular weight is 314 g/mol. The summed E-state index contributed by atoms with van der Waals surface area (Å²) < 4.78 is 0. The molecule has 2 nitrogen and oxygen atoms in total. The van der Waals surface area contributed by atoms with E-state index in [0.29, 0.717) is 6.04 Å². The van der Waals surface area contributed by atoms with E-state index in [4.69, 9.17) is 0 Å². The fourth-order valence-corrected chi connectivity index (χ4v) is 3.94. The molecule has 3 heteroatoms. The molecule has 1 aliphatic rings. The van der Waals surface area contributed by atoms with Crippen LogP contribution in [0.5, 0.6) is 0 Å². The van der Waals surface area contributed by atoms with Crippen LogP contribution in [0.25, 0.3) is 0 Å². The first-order valence-corrected chi connectivity index (χ1v) is 9.21. The van der Waals surface area contributed by atoms with Gasteiger partial charge in [0.2, 0.25) is 0 Å². The van der Waals surface area contributed by atoms with Crippen LogP contribution in [-0.4, -0.2) is 19.1 Å². The van der Waals surface area contributed by atoms with Crippen molar-refractivity contribution in [3.05, 3.63) is 52.7 Å². The Morgan fingerprint density at radius 2 is 2.00 bits per heavy atom. The van der Waals surface area contributed by atoms with E-state index >= 15 is 0 Å². The second-order valence-electron chi connectivity index (χ2n) is 6.69. The third-order valence-corrected chi connectivity index (χ3v) is 5.41. The van der Waals surface area contributed by atoms with Gasteiger partial charge in [-0.1, -0.05) is 44.2 Å². The summed E-state index contributed by atoms with van der Waals surface area (Å²) in [7, 11) is 0. The van der Waals surface area contributed by atoms with Crippen molar-refractivity contribution in [3.8, 4) is 0 Å². The molecule has 0 aliphatic carbocycles. The smallest absolute Gasteiger partial charge is 0.0475 e. The molecule has 0 bridgehead atoms. The predicted molar refractivity (Wildman–Crippen MR) is 96.5 cm³/mol. The van der Waals surface area contributed by atoms with Crippen molar-refractivity contribution in [3.63, 3.8) is 0 Å². The predicted octanol–water partition coefficient (Wildman–Crippen LogP) is 4.39. The van der Waals surface area contributed by atoms with Crippen LogP contribution in [-0.2, 0) is 6.54 Å². The van der Waals surface area contributed by atoms with E-state index in [0.717, 1.165) is 24.9 Å². The quantitative estimate of drug-likeness (QED) is 0.880. The molecule has 0 amide bonds. The van der Waals surface area contributed by atoms with Gasteiger partial charge in [-0.3, -0.25) is 0 Å². The Kier molecular flexibility index (Phi) is 5.16. The highest BCUT2D eigenvalue weighted by atomic mass is 32.1. The molecule has 22 heavy (non-hydrogen) atoms. The first-order chi connectivity index (χ1) is 10.7. The first-order valence-electron chi connectivity index (χ1n) is 8.27. The fraction of sp³-hybridized carbons (Fsp3) is 0.474. The van der Waals surface area contributed by atoms with Crippen molar-refractivity contribution in [2.24, 2.45) is 11.8 Å². The minimum absolute atomic E-state index is 0.571. The standard InChI is InChI=1S/C19H26N2S/c1-15(2)17-10-18(20-11-16-6-4-3-5-7-16)13-21(12-17)19-8-9-22-14-19/h3-9,14-15,17-18,20H,10-13H2,1-2H3. The number of anilines is 1. The van der Waals surface area contributed by atoms with Crippen LogP contribution in [0.3, 0.4) is 0 Å². The van der Waals surface area contributed by atoms with Crippen LogP contribution < -0.4 is 10.2 Å². The van der Waals surface area contributed by atoms with E-state index < -0.39 is 0 Å². The van der Waals surface area contributed by atoms with Gasteiger partial charge in [0.1, 0.15) is 0 Å². The van der Waals surface area contributed by atoms with Crippen molar-refractivity contribution in [1.29, 1.82) is 0 Å². The first kappa shape index (κ1) is 15.6. The molecule has 1 saturated heterocycles. The summed E-state index contributed by atoms with van der Waals surface area (Å²) >= 11 is 1.79. The van der Waals surface area contributed by atoms with Gasteiger partial charge in [-0.2, -0.15) is 11.3 Å². The molecule has 118 valence electrons. The highest BCUT2D eigenvalue weighted by molar-refractivity contribution is 7.08. The number of rotatable bonds is 5.